The van der Waals surface area contributed by atoms with Crippen molar-refractivity contribution in [1.29, 1.82) is 0 Å². The maximum Gasteiger partial charge on any atom is 0.319 e. The van der Waals surface area contributed by atoms with Crippen LogP contribution < -0.4 is 15.0 Å². The number of phenols is 1. The van der Waals surface area contributed by atoms with Crippen LogP contribution in [0.4, 0.5) is 19.0 Å². The molecule has 4 aromatic rings. The van der Waals surface area contributed by atoms with E-state index < -0.39 is 17.5 Å². The summed E-state index contributed by atoms with van der Waals surface area (Å²) in [5.41, 5.74) is 0.275. The zero-order valence-electron chi connectivity index (χ0n) is 26.2. The van der Waals surface area contributed by atoms with E-state index in [1.165, 1.54) is 43.8 Å². The molecule has 47 heavy (non-hydrogen) atoms. The first-order chi connectivity index (χ1) is 22.8. The quantitative estimate of drug-likeness (QED) is 0.228. The van der Waals surface area contributed by atoms with Gasteiger partial charge < -0.3 is 25.0 Å². The topological polar surface area (TPSA) is 73.8 Å². The predicted molar refractivity (Wildman–Crippen MR) is 173 cm³/mol. The summed E-state index contributed by atoms with van der Waals surface area (Å²) in [4.78, 5) is 14.1. The lowest BCUT2D eigenvalue weighted by Crippen LogP contribution is -2.51. The second kappa shape index (κ2) is 10.2. The average Bonchev–Trinajstić information content (AvgIpc) is 4.01. The van der Waals surface area contributed by atoms with Crippen LogP contribution in [0.3, 0.4) is 0 Å². The van der Waals surface area contributed by atoms with Crippen molar-refractivity contribution in [1.82, 2.24) is 20.2 Å². The Morgan fingerprint density at radius 2 is 1.68 bits per heavy atom. The molecule has 0 radical (unpaired) electrons. The molecule has 4 unspecified atom stereocenters. The Kier molecular flexibility index (Phi) is 6.15. The predicted octanol–water partition coefficient (Wildman–Crippen LogP) is 6.50. The van der Waals surface area contributed by atoms with E-state index >= 15 is 13.2 Å². The number of fused-ring (bicyclic) bond motifs is 5. The molecule has 244 valence electrons. The van der Waals surface area contributed by atoms with Crippen LogP contribution in [0, 0.1) is 34.7 Å². The number of hydrogen-bond acceptors (Lipinski definition) is 7. The van der Waals surface area contributed by atoms with Crippen LogP contribution in [0.1, 0.15) is 56.4 Å². The molecule has 6 aliphatic rings. The van der Waals surface area contributed by atoms with Gasteiger partial charge in [-0.2, -0.15) is 9.97 Å². The number of halogens is 3. The Balaban J connectivity index is 1.09. The molecule has 0 amide bonds. The number of piperidine rings is 1. The minimum atomic E-state index is -0.859. The number of anilines is 1. The number of ether oxygens (including phenoxy) is 1. The van der Waals surface area contributed by atoms with Crippen molar-refractivity contribution in [3.8, 4) is 22.9 Å². The van der Waals surface area contributed by atoms with Crippen LogP contribution in [-0.4, -0.2) is 71.4 Å². The molecular weight excluding hydrogens is 603 g/mol. The smallest absolute Gasteiger partial charge is 0.319 e. The van der Waals surface area contributed by atoms with E-state index in [1.807, 2.05) is 0 Å². The summed E-state index contributed by atoms with van der Waals surface area (Å²) in [6.07, 6.45) is 7.23. The minimum Gasteiger partial charge on any atom is -0.508 e. The first-order valence-corrected chi connectivity index (χ1v) is 17.3. The zero-order valence-corrected chi connectivity index (χ0v) is 26.2. The first-order valence-electron chi connectivity index (χ1n) is 17.3. The third-order valence-corrected chi connectivity index (χ3v) is 11.8. The second-order valence-corrected chi connectivity index (χ2v) is 15.4. The number of likely N-dealkylation sites (tertiary alicyclic amines) is 1. The summed E-state index contributed by atoms with van der Waals surface area (Å²) >= 11 is 0. The number of aromatic nitrogens is 2. The lowest BCUT2D eigenvalue weighted by atomic mass is 9.91. The van der Waals surface area contributed by atoms with Gasteiger partial charge in [-0.3, -0.25) is 0 Å². The van der Waals surface area contributed by atoms with Gasteiger partial charge >= 0.3 is 6.01 Å². The molecular formula is C37H38F3N5O2. The van der Waals surface area contributed by atoms with Crippen molar-refractivity contribution in [2.75, 3.05) is 44.2 Å². The Hall–Kier alpha value is -3.63. The summed E-state index contributed by atoms with van der Waals surface area (Å²) in [6, 6.07) is 7.76. The van der Waals surface area contributed by atoms with Crippen molar-refractivity contribution in [3.05, 3.63) is 53.3 Å². The van der Waals surface area contributed by atoms with E-state index in [9.17, 15) is 5.11 Å². The summed E-state index contributed by atoms with van der Waals surface area (Å²) in [5, 5.41) is 15.5. The van der Waals surface area contributed by atoms with Crippen LogP contribution in [0.15, 0.2) is 30.3 Å². The van der Waals surface area contributed by atoms with Crippen LogP contribution in [0.25, 0.3) is 32.8 Å². The first kappa shape index (κ1) is 28.4. The number of phenolic OH excluding ortho intramolecular Hbond substituents is 1. The standard InChI is InChI=1S/C37H38F3N5O2/c38-28-6-3-20-10-25(46)11-26(30(20)31(28)19-1-2-19)32-29(39)12-27-34(33(32)40)42-36(43-35(27)45-15-23-4-5-24(16-45)41-23)47-18-37(7-8-37)17-44-13-21-9-22(21)14-44/h3,6,10-12,19,21-24,41,46H,1-2,4-5,7-9,13-18H2. The molecule has 3 saturated carbocycles. The highest BCUT2D eigenvalue weighted by molar-refractivity contribution is 6.03. The lowest BCUT2D eigenvalue weighted by molar-refractivity contribution is 0.163. The maximum absolute atomic E-state index is 17.0. The third-order valence-electron chi connectivity index (χ3n) is 11.8. The molecule has 4 atom stereocenters. The zero-order chi connectivity index (χ0) is 31.6. The van der Waals surface area contributed by atoms with Crippen LogP contribution in [0.2, 0.25) is 0 Å². The Labute approximate surface area is 271 Å². The molecule has 2 N–H and O–H groups in total. The molecule has 3 aliphatic carbocycles. The monoisotopic (exact) mass is 641 g/mol. The van der Waals surface area contributed by atoms with E-state index in [0.29, 0.717) is 41.9 Å². The van der Waals surface area contributed by atoms with Gasteiger partial charge in [0.05, 0.1) is 12.2 Å². The molecule has 7 nitrogen and oxygen atoms in total. The number of benzene rings is 3. The van der Waals surface area contributed by atoms with Crippen molar-refractivity contribution in [2.24, 2.45) is 17.3 Å². The Morgan fingerprint density at radius 3 is 2.40 bits per heavy atom. The molecule has 2 bridgehead atoms. The molecule has 10 rings (SSSR count). The van der Waals surface area contributed by atoms with Gasteiger partial charge in [-0.25, -0.2) is 13.2 Å². The highest BCUT2D eigenvalue weighted by Gasteiger charge is 2.51. The SMILES string of the molecule is Oc1cc(-c2c(F)cc3c(N4CC5CCC(C4)N5)nc(OCC4(CN5CC6CC6C5)CC4)nc3c2F)c2c(C3CC3)c(F)ccc2c1. The molecule has 3 saturated heterocycles. The summed E-state index contributed by atoms with van der Waals surface area (Å²) in [5.74, 6) is -0.0203. The van der Waals surface area contributed by atoms with Gasteiger partial charge in [0, 0.05) is 55.6 Å². The third kappa shape index (κ3) is 4.85. The van der Waals surface area contributed by atoms with Crippen LogP contribution >= 0.6 is 0 Å². The largest absolute Gasteiger partial charge is 0.508 e. The number of aromatic hydroxyl groups is 1. The van der Waals surface area contributed by atoms with Crippen molar-refractivity contribution in [2.45, 2.75) is 62.9 Å². The van der Waals surface area contributed by atoms with Gasteiger partial charge in [-0.1, -0.05) is 6.07 Å². The molecule has 6 fully saturated rings. The fourth-order valence-electron chi connectivity index (χ4n) is 8.94. The summed E-state index contributed by atoms with van der Waals surface area (Å²) in [6.45, 7) is 5.14. The molecule has 0 spiro atoms. The number of nitrogens with one attached hydrogen (secondary N) is 1. The number of nitrogens with zero attached hydrogens (tertiary/aromatic N) is 4. The molecule has 10 heteroatoms. The van der Waals surface area contributed by atoms with E-state index in [-0.39, 0.29) is 57.2 Å². The minimum absolute atomic E-state index is 0.0216. The van der Waals surface area contributed by atoms with Gasteiger partial charge in [0.2, 0.25) is 0 Å². The van der Waals surface area contributed by atoms with Gasteiger partial charge in [0.1, 0.15) is 28.7 Å². The fraction of sp³-hybridized carbons (Fsp3) is 0.514. The number of rotatable bonds is 8. The van der Waals surface area contributed by atoms with E-state index in [2.05, 4.69) is 20.1 Å². The van der Waals surface area contributed by atoms with Gasteiger partial charge in [-0.15, -0.1) is 0 Å². The van der Waals surface area contributed by atoms with E-state index in [4.69, 9.17) is 9.72 Å². The molecule has 3 aromatic carbocycles. The number of hydrogen-bond donors (Lipinski definition) is 2. The van der Waals surface area contributed by atoms with Crippen molar-refractivity contribution < 1.29 is 23.0 Å². The summed E-state index contributed by atoms with van der Waals surface area (Å²) in [7, 11) is 0. The van der Waals surface area contributed by atoms with Gasteiger partial charge in [-0.05, 0) is 109 Å². The summed E-state index contributed by atoms with van der Waals surface area (Å²) < 4.78 is 55.0. The lowest BCUT2D eigenvalue weighted by Gasteiger charge is -2.34. The Morgan fingerprint density at radius 1 is 0.915 bits per heavy atom. The Bertz CT molecular complexity index is 1940. The highest BCUT2D eigenvalue weighted by Crippen LogP contribution is 2.52. The van der Waals surface area contributed by atoms with Crippen LogP contribution in [-0.2, 0) is 0 Å². The average molecular weight is 642 g/mol. The van der Waals surface area contributed by atoms with E-state index in [1.54, 1.807) is 6.07 Å². The molecule has 3 aliphatic heterocycles. The van der Waals surface area contributed by atoms with E-state index in [0.717, 1.165) is 56.9 Å². The molecule has 1 aromatic heterocycles. The van der Waals surface area contributed by atoms with Crippen molar-refractivity contribution in [3.63, 3.8) is 0 Å². The van der Waals surface area contributed by atoms with Crippen molar-refractivity contribution >= 4 is 27.5 Å². The molecule has 4 heterocycles. The normalized spacial score (nSPS) is 27.5. The highest BCUT2D eigenvalue weighted by atomic mass is 19.1. The maximum atomic E-state index is 17.0. The van der Waals surface area contributed by atoms with Gasteiger partial charge in [0.25, 0.3) is 0 Å². The fourth-order valence-corrected chi connectivity index (χ4v) is 8.94. The van der Waals surface area contributed by atoms with Gasteiger partial charge in [0.15, 0.2) is 5.82 Å². The number of piperazine rings is 1. The van der Waals surface area contributed by atoms with Crippen LogP contribution in [0.5, 0.6) is 11.8 Å². The second-order valence-electron chi connectivity index (χ2n) is 15.4.